The van der Waals surface area contributed by atoms with Crippen molar-refractivity contribution in [3.63, 3.8) is 0 Å². The van der Waals surface area contributed by atoms with Crippen molar-refractivity contribution in [3.05, 3.63) is 50.9 Å². The molecule has 2 aromatic carbocycles. The fraction of sp³-hybridized carbons (Fsp3) is 0.200. The van der Waals surface area contributed by atoms with Crippen molar-refractivity contribution in [3.8, 4) is 11.5 Å². The van der Waals surface area contributed by atoms with Gasteiger partial charge in [0.15, 0.2) is 11.5 Å². The van der Waals surface area contributed by atoms with E-state index in [1.165, 1.54) is 0 Å². The van der Waals surface area contributed by atoms with E-state index in [4.69, 9.17) is 9.47 Å². The van der Waals surface area contributed by atoms with Gasteiger partial charge in [-0.05, 0) is 61.7 Å². The predicted octanol–water partition coefficient (Wildman–Crippen LogP) is 4.59. The second kappa shape index (κ2) is 6.06. The molecule has 3 nitrogen and oxygen atoms in total. The van der Waals surface area contributed by atoms with Gasteiger partial charge >= 0.3 is 0 Å². The van der Waals surface area contributed by atoms with Crippen molar-refractivity contribution in [1.82, 2.24) is 0 Å². The summed E-state index contributed by atoms with van der Waals surface area (Å²) < 4.78 is 13.2. The van der Waals surface area contributed by atoms with Crippen LogP contribution in [0.15, 0.2) is 45.3 Å². The zero-order chi connectivity index (χ0) is 13.9. The number of rotatable bonds is 3. The normalized spacial score (nSPS) is 13.1. The lowest BCUT2D eigenvalue weighted by atomic mass is 10.2. The minimum atomic E-state index is 0.611. The Hall–Kier alpha value is -1.20. The Balaban J connectivity index is 1.75. The van der Waals surface area contributed by atoms with Gasteiger partial charge < -0.3 is 14.8 Å². The van der Waals surface area contributed by atoms with Crippen LogP contribution in [0.1, 0.15) is 5.56 Å². The van der Waals surface area contributed by atoms with Crippen LogP contribution in [0.3, 0.4) is 0 Å². The molecule has 5 heteroatoms. The molecule has 0 spiro atoms. The molecule has 3 rings (SSSR count). The highest BCUT2D eigenvalue weighted by Crippen LogP contribution is 2.33. The molecule has 0 saturated carbocycles. The Kier molecular flexibility index (Phi) is 4.17. The van der Waals surface area contributed by atoms with Gasteiger partial charge in [-0.1, -0.05) is 12.1 Å². The molecule has 0 saturated heterocycles. The lowest BCUT2D eigenvalue weighted by Gasteiger charge is -2.19. The van der Waals surface area contributed by atoms with Crippen LogP contribution in [-0.4, -0.2) is 13.2 Å². The number of fused-ring (bicyclic) bond motifs is 1. The zero-order valence-corrected chi connectivity index (χ0v) is 13.8. The monoisotopic (exact) mass is 397 g/mol. The fourth-order valence-corrected chi connectivity index (χ4v) is 3.33. The van der Waals surface area contributed by atoms with Gasteiger partial charge in [0.2, 0.25) is 0 Å². The summed E-state index contributed by atoms with van der Waals surface area (Å²) in [5, 5.41) is 3.41. The quantitative estimate of drug-likeness (QED) is 0.819. The maximum atomic E-state index is 5.59. The van der Waals surface area contributed by atoms with Crippen LogP contribution in [0.25, 0.3) is 0 Å². The maximum Gasteiger partial charge on any atom is 0.161 e. The van der Waals surface area contributed by atoms with Gasteiger partial charge in [-0.15, -0.1) is 0 Å². The molecule has 0 bridgehead atoms. The van der Waals surface area contributed by atoms with Gasteiger partial charge in [0.1, 0.15) is 13.2 Å². The van der Waals surface area contributed by atoms with Crippen LogP contribution in [0, 0.1) is 0 Å². The average molecular weight is 399 g/mol. The molecule has 0 aromatic heterocycles. The highest BCUT2D eigenvalue weighted by Gasteiger charge is 2.12. The summed E-state index contributed by atoms with van der Waals surface area (Å²) >= 11 is 7.09. The Morgan fingerprint density at radius 1 is 0.950 bits per heavy atom. The third-order valence-corrected chi connectivity index (χ3v) is 4.36. The van der Waals surface area contributed by atoms with Crippen LogP contribution in [-0.2, 0) is 6.54 Å². The summed E-state index contributed by atoms with van der Waals surface area (Å²) in [6, 6.07) is 12.0. The van der Waals surface area contributed by atoms with Crippen molar-refractivity contribution >= 4 is 37.5 Å². The summed E-state index contributed by atoms with van der Waals surface area (Å²) in [5.41, 5.74) is 2.19. The van der Waals surface area contributed by atoms with E-state index in [1.54, 1.807) is 0 Å². The molecule has 1 heterocycles. The molecule has 20 heavy (non-hydrogen) atoms. The highest BCUT2D eigenvalue weighted by molar-refractivity contribution is 9.11. The van der Waals surface area contributed by atoms with E-state index in [-0.39, 0.29) is 0 Å². The van der Waals surface area contributed by atoms with E-state index < -0.39 is 0 Å². The summed E-state index contributed by atoms with van der Waals surface area (Å²) in [7, 11) is 0. The Morgan fingerprint density at radius 3 is 2.40 bits per heavy atom. The van der Waals surface area contributed by atoms with Gasteiger partial charge in [-0.3, -0.25) is 0 Å². The van der Waals surface area contributed by atoms with Crippen LogP contribution < -0.4 is 14.8 Å². The molecular weight excluding hydrogens is 386 g/mol. The molecule has 0 radical (unpaired) electrons. The molecule has 1 aliphatic heterocycles. The average Bonchev–Trinajstić information content (AvgIpc) is 2.46. The molecule has 2 aromatic rings. The standard InChI is InChI=1S/C15H13Br2NO2/c16-11-2-1-3-12(17)15(11)18-9-10-4-5-13-14(8-10)20-7-6-19-13/h1-5,8,18H,6-7,9H2. The van der Waals surface area contributed by atoms with E-state index in [2.05, 4.69) is 37.2 Å². The molecule has 0 unspecified atom stereocenters. The van der Waals surface area contributed by atoms with Crippen LogP contribution in [0.2, 0.25) is 0 Å². The highest BCUT2D eigenvalue weighted by atomic mass is 79.9. The number of anilines is 1. The number of para-hydroxylation sites is 1. The predicted molar refractivity (Wildman–Crippen MR) is 86.6 cm³/mol. The van der Waals surface area contributed by atoms with Gasteiger partial charge in [-0.25, -0.2) is 0 Å². The van der Waals surface area contributed by atoms with Crippen LogP contribution >= 0.6 is 31.9 Å². The van der Waals surface area contributed by atoms with Crippen molar-refractivity contribution in [2.24, 2.45) is 0 Å². The first-order valence-electron chi connectivity index (χ1n) is 6.30. The lowest BCUT2D eigenvalue weighted by Crippen LogP contribution is -2.15. The number of halogens is 2. The molecule has 1 N–H and O–H groups in total. The maximum absolute atomic E-state index is 5.59. The second-order valence-corrected chi connectivity index (χ2v) is 6.14. The number of hydrogen-bond donors (Lipinski definition) is 1. The molecule has 0 amide bonds. The third-order valence-electron chi connectivity index (χ3n) is 3.04. The Labute approximate surface area is 134 Å². The van der Waals surface area contributed by atoms with Gasteiger partial charge in [0.25, 0.3) is 0 Å². The third kappa shape index (κ3) is 2.94. The van der Waals surface area contributed by atoms with Gasteiger partial charge in [0.05, 0.1) is 5.69 Å². The minimum Gasteiger partial charge on any atom is -0.486 e. The number of nitrogens with one attached hydrogen (secondary N) is 1. The van der Waals surface area contributed by atoms with Gasteiger partial charge in [0, 0.05) is 15.5 Å². The van der Waals surface area contributed by atoms with Crippen molar-refractivity contribution in [1.29, 1.82) is 0 Å². The van der Waals surface area contributed by atoms with E-state index in [0.29, 0.717) is 13.2 Å². The van der Waals surface area contributed by atoms with Crippen LogP contribution in [0.5, 0.6) is 11.5 Å². The largest absolute Gasteiger partial charge is 0.486 e. The van der Waals surface area contributed by atoms with E-state index in [1.807, 2.05) is 36.4 Å². The zero-order valence-electron chi connectivity index (χ0n) is 10.7. The summed E-state index contributed by atoms with van der Waals surface area (Å²) in [5.74, 6) is 1.64. The molecule has 104 valence electrons. The SMILES string of the molecule is Brc1cccc(Br)c1NCc1ccc2c(c1)OCCO2. The van der Waals surface area contributed by atoms with E-state index >= 15 is 0 Å². The second-order valence-electron chi connectivity index (χ2n) is 4.43. The summed E-state index contributed by atoms with van der Waals surface area (Å²) in [4.78, 5) is 0. The number of benzene rings is 2. The van der Waals surface area contributed by atoms with Crippen LogP contribution in [0.4, 0.5) is 5.69 Å². The smallest absolute Gasteiger partial charge is 0.161 e. The number of hydrogen-bond acceptors (Lipinski definition) is 3. The molecular formula is C15H13Br2NO2. The molecule has 0 fully saturated rings. The minimum absolute atomic E-state index is 0.611. The van der Waals surface area contributed by atoms with Gasteiger partial charge in [-0.2, -0.15) is 0 Å². The first kappa shape index (κ1) is 13.8. The van der Waals surface area contributed by atoms with E-state index in [9.17, 15) is 0 Å². The number of ether oxygens (including phenoxy) is 2. The summed E-state index contributed by atoms with van der Waals surface area (Å²) in [6.07, 6.45) is 0. The Bertz CT molecular complexity index is 611. The fourth-order valence-electron chi connectivity index (χ4n) is 2.05. The van der Waals surface area contributed by atoms with Crippen molar-refractivity contribution < 1.29 is 9.47 Å². The van der Waals surface area contributed by atoms with Crippen molar-refractivity contribution in [2.75, 3.05) is 18.5 Å². The topological polar surface area (TPSA) is 30.5 Å². The van der Waals surface area contributed by atoms with E-state index in [0.717, 1.165) is 38.2 Å². The first-order chi connectivity index (χ1) is 9.74. The molecule has 0 aliphatic carbocycles. The molecule has 0 atom stereocenters. The van der Waals surface area contributed by atoms with Crippen molar-refractivity contribution in [2.45, 2.75) is 6.54 Å². The lowest BCUT2D eigenvalue weighted by molar-refractivity contribution is 0.171. The summed E-state index contributed by atoms with van der Waals surface area (Å²) in [6.45, 7) is 1.95. The molecule has 1 aliphatic rings. The Morgan fingerprint density at radius 2 is 1.65 bits per heavy atom. The first-order valence-corrected chi connectivity index (χ1v) is 7.89.